The molecule has 1 amide bonds. The number of carbonyl (C=O) groups is 1. The fourth-order valence-corrected chi connectivity index (χ4v) is 4.07. The number of nitrogens with two attached hydrogens (primary N) is 1. The smallest absolute Gasteiger partial charge is 0.273 e. The molecule has 0 unspecified atom stereocenters. The van der Waals surface area contributed by atoms with Gasteiger partial charge in [-0.2, -0.15) is 0 Å². The summed E-state index contributed by atoms with van der Waals surface area (Å²) in [6.45, 7) is 0.384. The average molecular weight is 372 g/mol. The van der Waals surface area contributed by atoms with Gasteiger partial charge in [-0.1, -0.05) is 40.9 Å². The van der Waals surface area contributed by atoms with Crippen LogP contribution in [-0.4, -0.2) is 39.1 Å². The maximum absolute atomic E-state index is 10.7. The zero-order valence-corrected chi connectivity index (χ0v) is 14.2. The summed E-state index contributed by atoms with van der Waals surface area (Å²) in [7, 11) is 0. The molecule has 1 aromatic heterocycles. The molecule has 8 nitrogen and oxygen atoms in total. The number of ether oxygens (including phenoxy) is 1. The normalized spacial score (nSPS) is 10.4. The van der Waals surface area contributed by atoms with E-state index in [4.69, 9.17) is 10.5 Å². The molecule has 2 N–H and O–H groups in total. The van der Waals surface area contributed by atoms with Crippen LogP contribution >= 0.6 is 34.9 Å². The van der Waals surface area contributed by atoms with E-state index in [1.54, 1.807) is 12.1 Å². The molecule has 0 saturated heterocycles. The number of primary amides is 1. The Morgan fingerprint density at radius 2 is 2.09 bits per heavy atom. The summed E-state index contributed by atoms with van der Waals surface area (Å²) in [5, 5.41) is 18.6. The molecule has 0 bridgehead atoms. The van der Waals surface area contributed by atoms with Gasteiger partial charge in [-0.25, -0.2) is 0 Å². The summed E-state index contributed by atoms with van der Waals surface area (Å²) in [5.41, 5.74) is 5.06. The third-order valence-corrected chi connectivity index (χ3v) is 5.51. The number of nitro groups is 1. The van der Waals surface area contributed by atoms with E-state index >= 15 is 0 Å². The van der Waals surface area contributed by atoms with Gasteiger partial charge in [-0.05, 0) is 6.07 Å². The molecule has 0 saturated carbocycles. The number of aromatic nitrogens is 2. The molecule has 1 heterocycles. The molecular formula is C12H12N4O4S3. The second-order valence-corrected chi connectivity index (χ2v) is 7.58. The van der Waals surface area contributed by atoms with Crippen molar-refractivity contribution in [2.75, 3.05) is 18.1 Å². The first-order valence-corrected chi connectivity index (χ1v) is 9.08. The number of nitrogens with zero attached hydrogens (tertiary/aromatic N) is 3. The van der Waals surface area contributed by atoms with Crippen molar-refractivity contribution in [3.63, 3.8) is 0 Å². The monoisotopic (exact) mass is 372 g/mol. The van der Waals surface area contributed by atoms with Crippen LogP contribution in [0.5, 0.6) is 5.75 Å². The molecule has 122 valence electrons. The van der Waals surface area contributed by atoms with Gasteiger partial charge in [0.05, 0.1) is 23.3 Å². The molecule has 23 heavy (non-hydrogen) atoms. The maximum atomic E-state index is 10.7. The Hall–Kier alpha value is -1.85. The summed E-state index contributed by atoms with van der Waals surface area (Å²) in [6, 6.07) is 6.04. The highest BCUT2D eigenvalue weighted by Gasteiger charge is 2.08. The van der Waals surface area contributed by atoms with Crippen molar-refractivity contribution in [3.05, 3.63) is 34.4 Å². The van der Waals surface area contributed by atoms with E-state index in [1.165, 1.54) is 47.0 Å². The largest absolute Gasteiger partial charge is 0.492 e. The second kappa shape index (κ2) is 8.70. The van der Waals surface area contributed by atoms with Crippen LogP contribution in [0.25, 0.3) is 0 Å². The molecule has 0 aliphatic heterocycles. The summed E-state index contributed by atoms with van der Waals surface area (Å²) >= 11 is 4.09. The number of rotatable bonds is 9. The first kappa shape index (κ1) is 17.5. The summed E-state index contributed by atoms with van der Waals surface area (Å²) in [4.78, 5) is 20.9. The Morgan fingerprint density at radius 1 is 1.35 bits per heavy atom. The maximum Gasteiger partial charge on any atom is 0.273 e. The Bertz CT molecular complexity index is 694. The molecular weight excluding hydrogens is 360 g/mol. The zero-order chi connectivity index (χ0) is 16.7. The summed E-state index contributed by atoms with van der Waals surface area (Å²) in [6.07, 6.45) is 0. The Labute approximate surface area is 144 Å². The van der Waals surface area contributed by atoms with Gasteiger partial charge in [-0.15, -0.1) is 10.2 Å². The van der Waals surface area contributed by atoms with E-state index < -0.39 is 10.8 Å². The van der Waals surface area contributed by atoms with Crippen molar-refractivity contribution in [1.82, 2.24) is 10.2 Å². The summed E-state index contributed by atoms with van der Waals surface area (Å²) < 4.78 is 6.92. The topological polar surface area (TPSA) is 121 Å². The van der Waals surface area contributed by atoms with Gasteiger partial charge in [0.2, 0.25) is 5.91 Å². The van der Waals surface area contributed by atoms with E-state index in [-0.39, 0.29) is 11.4 Å². The van der Waals surface area contributed by atoms with Gasteiger partial charge in [0, 0.05) is 11.8 Å². The zero-order valence-electron chi connectivity index (χ0n) is 11.7. The van der Waals surface area contributed by atoms with Crippen molar-refractivity contribution >= 4 is 46.5 Å². The van der Waals surface area contributed by atoms with Crippen LogP contribution in [0, 0.1) is 10.1 Å². The standard InChI is InChI=1S/C12H12N4O4S3/c13-10(17)7-22-12-15-14-11(23-12)21-5-4-20-9-3-1-2-8(6-9)16(18)19/h1-3,6H,4-5,7H2,(H2,13,17). The highest BCUT2D eigenvalue weighted by atomic mass is 32.2. The fraction of sp³-hybridized carbons (Fsp3) is 0.250. The third-order valence-electron chi connectivity index (χ3n) is 2.33. The van der Waals surface area contributed by atoms with Crippen molar-refractivity contribution in [2.45, 2.75) is 8.68 Å². The number of carbonyl (C=O) groups excluding carboxylic acids is 1. The summed E-state index contributed by atoms with van der Waals surface area (Å²) in [5.74, 6) is 0.854. The van der Waals surface area contributed by atoms with Crippen molar-refractivity contribution in [1.29, 1.82) is 0 Å². The van der Waals surface area contributed by atoms with Gasteiger partial charge in [0.25, 0.3) is 5.69 Å². The lowest BCUT2D eigenvalue weighted by molar-refractivity contribution is -0.384. The number of thioether (sulfide) groups is 2. The molecule has 0 fully saturated rings. The van der Waals surface area contributed by atoms with Crippen LogP contribution in [0.3, 0.4) is 0 Å². The van der Waals surface area contributed by atoms with Crippen LogP contribution < -0.4 is 10.5 Å². The van der Waals surface area contributed by atoms with Gasteiger partial charge >= 0.3 is 0 Å². The van der Waals surface area contributed by atoms with E-state index in [0.29, 0.717) is 22.4 Å². The molecule has 11 heteroatoms. The number of benzene rings is 1. The van der Waals surface area contributed by atoms with E-state index in [1.807, 2.05) is 0 Å². The van der Waals surface area contributed by atoms with Gasteiger partial charge in [-0.3, -0.25) is 14.9 Å². The minimum absolute atomic E-state index is 0.00426. The number of hydrogen-bond donors (Lipinski definition) is 1. The minimum atomic E-state index is -0.464. The molecule has 1 aromatic carbocycles. The Kier molecular flexibility index (Phi) is 6.62. The quantitative estimate of drug-likeness (QED) is 0.308. The van der Waals surface area contributed by atoms with Crippen LogP contribution in [0.2, 0.25) is 0 Å². The fourth-order valence-electron chi connectivity index (χ4n) is 1.42. The number of non-ortho nitro benzene ring substituents is 1. The first-order valence-electron chi connectivity index (χ1n) is 6.29. The predicted molar refractivity (Wildman–Crippen MR) is 89.1 cm³/mol. The van der Waals surface area contributed by atoms with Crippen molar-refractivity contribution in [2.24, 2.45) is 5.73 Å². The molecule has 0 aliphatic carbocycles. The molecule has 0 aliphatic rings. The first-order chi connectivity index (χ1) is 11.0. The van der Waals surface area contributed by atoms with Gasteiger partial charge in [0.15, 0.2) is 8.68 Å². The van der Waals surface area contributed by atoms with Gasteiger partial charge in [0.1, 0.15) is 5.75 Å². The Balaban J connectivity index is 1.74. The Morgan fingerprint density at radius 3 is 2.78 bits per heavy atom. The lowest BCUT2D eigenvalue weighted by Gasteiger charge is -2.04. The molecule has 0 spiro atoms. The van der Waals surface area contributed by atoms with E-state index in [9.17, 15) is 14.9 Å². The van der Waals surface area contributed by atoms with Crippen LogP contribution in [-0.2, 0) is 4.79 Å². The molecule has 2 aromatic rings. The van der Waals surface area contributed by atoms with Crippen molar-refractivity contribution in [3.8, 4) is 5.75 Å². The van der Waals surface area contributed by atoms with Gasteiger partial charge < -0.3 is 10.5 Å². The minimum Gasteiger partial charge on any atom is -0.492 e. The average Bonchev–Trinajstić information content (AvgIpc) is 2.98. The van der Waals surface area contributed by atoms with E-state index in [0.717, 1.165) is 4.34 Å². The highest BCUT2D eigenvalue weighted by Crippen LogP contribution is 2.28. The predicted octanol–water partition coefficient (Wildman–Crippen LogP) is 2.19. The van der Waals surface area contributed by atoms with Crippen LogP contribution in [0.15, 0.2) is 32.9 Å². The lowest BCUT2D eigenvalue weighted by Crippen LogP contribution is -2.12. The number of hydrogen-bond acceptors (Lipinski definition) is 9. The molecule has 0 radical (unpaired) electrons. The highest BCUT2D eigenvalue weighted by molar-refractivity contribution is 8.03. The molecule has 2 rings (SSSR count). The van der Waals surface area contributed by atoms with Crippen LogP contribution in [0.4, 0.5) is 5.69 Å². The number of amides is 1. The molecule has 0 atom stereocenters. The SMILES string of the molecule is NC(=O)CSc1nnc(SCCOc2cccc([N+](=O)[O-])c2)s1. The number of nitro benzene ring substituents is 1. The van der Waals surface area contributed by atoms with Crippen molar-refractivity contribution < 1.29 is 14.5 Å². The van der Waals surface area contributed by atoms with Crippen LogP contribution in [0.1, 0.15) is 0 Å². The lowest BCUT2D eigenvalue weighted by atomic mass is 10.3. The second-order valence-electron chi connectivity index (χ2n) is 4.04. The third kappa shape index (κ3) is 6.04. The van der Waals surface area contributed by atoms with E-state index in [2.05, 4.69) is 10.2 Å².